The minimum absolute atomic E-state index is 0.0823. The number of nitrogens with one attached hydrogen (secondary N) is 2. The molecule has 1 aromatic heterocycles. The maximum absolute atomic E-state index is 12.4. The molecule has 1 aliphatic rings. The number of nitrogens with zero attached hydrogens (tertiary/aromatic N) is 1. The minimum atomic E-state index is -3.65. The van der Waals surface area contributed by atoms with Crippen molar-refractivity contribution in [3.63, 3.8) is 0 Å². The molecule has 33 heavy (non-hydrogen) atoms. The van der Waals surface area contributed by atoms with Crippen LogP contribution >= 0.6 is 0 Å². The topological polar surface area (TPSA) is 91.7 Å². The smallest absolute Gasteiger partial charge is 0.244 e. The standard InChI is InChI=1S/C25H27N3O4S/c1-19-17-21-5-2-3-7-24(21)28(19)15-14-26-25(29)13-10-20-8-11-23(12-9-20)33(30,31)27-18-22-6-4-16-32-22/h2-13,16,19,27H,14-15,17-18H2,1H3,(H,26,29)/b13-10+. The molecule has 0 saturated heterocycles. The number of carbonyl (C=O) groups excluding carboxylic acids is 1. The first kappa shape index (κ1) is 22.8. The molecule has 7 nitrogen and oxygen atoms in total. The summed E-state index contributed by atoms with van der Waals surface area (Å²) in [6.45, 7) is 3.56. The van der Waals surface area contributed by atoms with E-state index in [9.17, 15) is 13.2 Å². The van der Waals surface area contributed by atoms with Gasteiger partial charge in [-0.2, -0.15) is 0 Å². The van der Waals surface area contributed by atoms with Gasteiger partial charge in [-0.05, 0) is 60.9 Å². The van der Waals surface area contributed by atoms with E-state index in [0.29, 0.717) is 18.3 Å². The fourth-order valence-electron chi connectivity index (χ4n) is 3.92. The number of anilines is 1. The molecular weight excluding hydrogens is 438 g/mol. The monoisotopic (exact) mass is 465 g/mol. The Morgan fingerprint density at radius 3 is 2.67 bits per heavy atom. The number of carbonyl (C=O) groups is 1. The van der Waals surface area contributed by atoms with Gasteiger partial charge in [0.2, 0.25) is 15.9 Å². The summed E-state index contributed by atoms with van der Waals surface area (Å²) in [5, 5.41) is 2.91. The zero-order valence-corrected chi connectivity index (χ0v) is 19.2. The van der Waals surface area contributed by atoms with Crippen molar-refractivity contribution in [3.05, 3.63) is 89.9 Å². The Hall–Kier alpha value is -3.36. The normalized spacial score (nSPS) is 15.7. The van der Waals surface area contributed by atoms with E-state index >= 15 is 0 Å². The number of furan rings is 1. The van der Waals surface area contributed by atoms with Crippen molar-refractivity contribution in [2.45, 2.75) is 30.8 Å². The summed E-state index contributed by atoms with van der Waals surface area (Å²) in [5.74, 6) is 0.347. The van der Waals surface area contributed by atoms with Gasteiger partial charge in [-0.1, -0.05) is 30.3 Å². The molecule has 0 saturated carbocycles. The van der Waals surface area contributed by atoms with E-state index in [-0.39, 0.29) is 17.3 Å². The van der Waals surface area contributed by atoms with Crippen molar-refractivity contribution in [1.29, 1.82) is 0 Å². The lowest BCUT2D eigenvalue weighted by atomic mass is 10.1. The lowest BCUT2D eigenvalue weighted by Gasteiger charge is -2.24. The minimum Gasteiger partial charge on any atom is -0.468 e. The first-order valence-corrected chi connectivity index (χ1v) is 12.3. The Bertz CT molecular complexity index is 1220. The van der Waals surface area contributed by atoms with Crippen LogP contribution in [0.4, 0.5) is 5.69 Å². The average molecular weight is 466 g/mol. The third kappa shape index (κ3) is 5.71. The van der Waals surface area contributed by atoms with Gasteiger partial charge in [0.15, 0.2) is 0 Å². The first-order chi connectivity index (χ1) is 15.9. The van der Waals surface area contributed by atoms with Crippen LogP contribution in [-0.4, -0.2) is 33.5 Å². The second-order valence-electron chi connectivity index (χ2n) is 7.97. The van der Waals surface area contributed by atoms with E-state index in [1.807, 2.05) is 6.07 Å². The van der Waals surface area contributed by atoms with Gasteiger partial charge in [0, 0.05) is 30.9 Å². The van der Waals surface area contributed by atoms with Crippen LogP contribution in [0.5, 0.6) is 0 Å². The molecule has 1 amide bonds. The number of hydrogen-bond donors (Lipinski definition) is 2. The van der Waals surface area contributed by atoms with Gasteiger partial charge < -0.3 is 14.6 Å². The summed E-state index contributed by atoms with van der Waals surface area (Å²) in [5.41, 5.74) is 3.32. The van der Waals surface area contributed by atoms with Crippen molar-refractivity contribution >= 4 is 27.7 Å². The summed E-state index contributed by atoms with van der Waals surface area (Å²) in [7, 11) is -3.65. The van der Waals surface area contributed by atoms with Gasteiger partial charge >= 0.3 is 0 Å². The number of amides is 1. The van der Waals surface area contributed by atoms with Crippen molar-refractivity contribution in [1.82, 2.24) is 10.0 Å². The van der Waals surface area contributed by atoms with E-state index in [4.69, 9.17) is 4.42 Å². The zero-order chi connectivity index (χ0) is 23.3. The Morgan fingerprint density at radius 2 is 1.91 bits per heavy atom. The fourth-order valence-corrected chi connectivity index (χ4v) is 4.91. The third-order valence-electron chi connectivity index (χ3n) is 5.63. The Kier molecular flexibility index (Phi) is 6.96. The van der Waals surface area contributed by atoms with Crippen LogP contribution in [0.25, 0.3) is 6.08 Å². The van der Waals surface area contributed by atoms with Crippen LogP contribution in [0.1, 0.15) is 23.8 Å². The first-order valence-electron chi connectivity index (χ1n) is 10.8. The van der Waals surface area contributed by atoms with Crippen molar-refractivity contribution in [2.75, 3.05) is 18.0 Å². The molecular formula is C25H27N3O4S. The second-order valence-corrected chi connectivity index (χ2v) is 9.74. The average Bonchev–Trinajstić information content (AvgIpc) is 3.44. The van der Waals surface area contributed by atoms with E-state index in [2.05, 4.69) is 40.1 Å². The van der Waals surface area contributed by atoms with Crippen molar-refractivity contribution < 1.29 is 17.6 Å². The molecule has 0 fully saturated rings. The lowest BCUT2D eigenvalue weighted by Crippen LogP contribution is -2.37. The zero-order valence-electron chi connectivity index (χ0n) is 18.4. The molecule has 2 N–H and O–H groups in total. The number of sulfonamides is 1. The molecule has 4 rings (SSSR count). The third-order valence-corrected chi connectivity index (χ3v) is 7.05. The van der Waals surface area contributed by atoms with Crippen LogP contribution in [0.3, 0.4) is 0 Å². The highest BCUT2D eigenvalue weighted by molar-refractivity contribution is 7.89. The highest BCUT2D eigenvalue weighted by Crippen LogP contribution is 2.31. The van der Waals surface area contributed by atoms with Crippen LogP contribution in [0.2, 0.25) is 0 Å². The molecule has 0 radical (unpaired) electrons. The van der Waals surface area contributed by atoms with E-state index < -0.39 is 10.0 Å². The molecule has 172 valence electrons. The van der Waals surface area contributed by atoms with Gasteiger partial charge in [0.05, 0.1) is 17.7 Å². The summed E-state index contributed by atoms with van der Waals surface area (Å²) < 4.78 is 32.4. The highest BCUT2D eigenvalue weighted by atomic mass is 32.2. The molecule has 0 aliphatic carbocycles. The molecule has 0 spiro atoms. The van der Waals surface area contributed by atoms with Gasteiger partial charge in [-0.3, -0.25) is 4.79 Å². The predicted molar refractivity (Wildman–Crippen MR) is 128 cm³/mol. The summed E-state index contributed by atoms with van der Waals surface area (Å²) in [4.78, 5) is 14.7. The van der Waals surface area contributed by atoms with Gasteiger partial charge in [-0.25, -0.2) is 13.1 Å². The van der Waals surface area contributed by atoms with E-state index in [0.717, 1.165) is 18.5 Å². The molecule has 1 unspecified atom stereocenters. The van der Waals surface area contributed by atoms with Gasteiger partial charge in [-0.15, -0.1) is 0 Å². The maximum atomic E-state index is 12.4. The second kappa shape index (κ2) is 10.1. The Labute approximate surface area is 194 Å². The number of fused-ring (bicyclic) bond motifs is 1. The fraction of sp³-hybridized carbons (Fsp3) is 0.240. The van der Waals surface area contributed by atoms with Crippen LogP contribution < -0.4 is 14.9 Å². The maximum Gasteiger partial charge on any atom is 0.244 e. The molecule has 1 atom stereocenters. The quantitative estimate of drug-likeness (QED) is 0.473. The Morgan fingerprint density at radius 1 is 1.12 bits per heavy atom. The van der Waals surface area contributed by atoms with Crippen molar-refractivity contribution in [3.8, 4) is 0 Å². The molecule has 3 aromatic rings. The van der Waals surface area contributed by atoms with Crippen LogP contribution in [-0.2, 0) is 27.8 Å². The summed E-state index contributed by atoms with van der Waals surface area (Å²) in [6.07, 6.45) is 5.64. The predicted octanol–water partition coefficient (Wildman–Crippen LogP) is 3.34. The van der Waals surface area contributed by atoms with Crippen LogP contribution in [0.15, 0.2) is 82.3 Å². The van der Waals surface area contributed by atoms with Gasteiger partial charge in [0.1, 0.15) is 5.76 Å². The van der Waals surface area contributed by atoms with E-state index in [1.165, 1.54) is 35.7 Å². The molecule has 0 bridgehead atoms. The summed E-state index contributed by atoms with van der Waals surface area (Å²) >= 11 is 0. The molecule has 2 heterocycles. The number of para-hydroxylation sites is 1. The van der Waals surface area contributed by atoms with Crippen LogP contribution in [0, 0.1) is 0 Å². The largest absolute Gasteiger partial charge is 0.468 e. The lowest BCUT2D eigenvalue weighted by molar-refractivity contribution is -0.116. The van der Waals surface area contributed by atoms with E-state index in [1.54, 1.807) is 30.3 Å². The SMILES string of the molecule is CC1Cc2ccccc2N1CCNC(=O)/C=C/c1ccc(S(=O)(=O)NCc2ccco2)cc1. The molecule has 2 aromatic carbocycles. The molecule has 1 aliphatic heterocycles. The number of rotatable bonds is 9. The number of hydrogen-bond acceptors (Lipinski definition) is 5. The summed E-state index contributed by atoms with van der Waals surface area (Å²) in [6, 6.07) is 18.5. The number of benzene rings is 2. The molecule has 8 heteroatoms. The highest BCUT2D eigenvalue weighted by Gasteiger charge is 2.24. The van der Waals surface area contributed by atoms with Gasteiger partial charge in [0.25, 0.3) is 0 Å². The Balaban J connectivity index is 1.26. The van der Waals surface area contributed by atoms with Crippen molar-refractivity contribution in [2.24, 2.45) is 0 Å².